The largest absolute Gasteiger partial charge is 0.358 e. The molecule has 1 atom stereocenters. The third kappa shape index (κ3) is 4.20. The Morgan fingerprint density at radius 1 is 1.00 bits per heavy atom. The first-order valence-corrected chi connectivity index (χ1v) is 11.8. The van der Waals surface area contributed by atoms with Crippen LogP contribution in [0.5, 0.6) is 0 Å². The fourth-order valence-corrected chi connectivity index (χ4v) is 5.21. The molecule has 156 valence electrons. The van der Waals surface area contributed by atoms with Crippen LogP contribution in [0.25, 0.3) is 17.1 Å². The highest BCUT2D eigenvalue weighted by atomic mass is 32.1. The number of benzene rings is 1. The van der Waals surface area contributed by atoms with E-state index in [1.807, 2.05) is 0 Å². The predicted octanol–water partition coefficient (Wildman–Crippen LogP) is 2.92. The molecule has 0 saturated carbocycles. The van der Waals surface area contributed by atoms with Crippen molar-refractivity contribution in [3.05, 3.63) is 57.7 Å². The van der Waals surface area contributed by atoms with Gasteiger partial charge in [-0.15, -0.1) is 11.3 Å². The van der Waals surface area contributed by atoms with Crippen molar-refractivity contribution < 1.29 is 0 Å². The Bertz CT molecular complexity index is 1120. The fourth-order valence-electron chi connectivity index (χ4n) is 4.40. The Kier molecular flexibility index (Phi) is 5.69. The molecule has 0 aliphatic carbocycles. The molecular formula is C24H29N5S. The average molecular weight is 420 g/mol. The Labute approximate surface area is 182 Å². The molecule has 2 aliphatic heterocycles. The van der Waals surface area contributed by atoms with E-state index in [1.54, 1.807) is 11.3 Å². The van der Waals surface area contributed by atoms with Crippen LogP contribution in [0.2, 0.25) is 0 Å². The molecule has 1 fully saturated rings. The standard InChI is InChI=1S/C24H29N5S/c1-27-18-22-21(11-17-30-22)26-23(27)8-4-5-12-28-13-15-29(16-14-28)24-10-9-19-6-2-3-7-20(19)25-24/h2-3,6-7,9-11,17-18,23H,4-5,8,12-16H2,1H3. The number of fused-ring (bicyclic) bond motifs is 2. The van der Waals surface area contributed by atoms with Gasteiger partial charge in [0.05, 0.1) is 15.4 Å². The van der Waals surface area contributed by atoms with Gasteiger partial charge in [0.15, 0.2) is 0 Å². The maximum atomic E-state index is 4.91. The van der Waals surface area contributed by atoms with Crippen LogP contribution < -0.4 is 14.8 Å². The fraction of sp³-hybridized carbons (Fsp3) is 0.417. The molecule has 0 spiro atoms. The molecule has 0 bridgehead atoms. The van der Waals surface area contributed by atoms with Gasteiger partial charge in [0.25, 0.3) is 0 Å². The minimum atomic E-state index is 0.294. The summed E-state index contributed by atoms with van der Waals surface area (Å²) in [7, 11) is 2.15. The average Bonchev–Trinajstić information content (AvgIpc) is 3.24. The molecule has 2 aromatic heterocycles. The van der Waals surface area contributed by atoms with Gasteiger partial charge in [0, 0.05) is 44.8 Å². The lowest BCUT2D eigenvalue weighted by atomic mass is 10.1. The van der Waals surface area contributed by atoms with Gasteiger partial charge in [-0.1, -0.05) is 18.2 Å². The summed E-state index contributed by atoms with van der Waals surface area (Å²) in [6.07, 6.45) is 6.13. The zero-order valence-electron chi connectivity index (χ0n) is 17.6. The molecule has 0 radical (unpaired) electrons. The van der Waals surface area contributed by atoms with E-state index in [9.17, 15) is 0 Å². The molecule has 1 aromatic carbocycles. The first-order chi connectivity index (χ1) is 14.8. The van der Waals surface area contributed by atoms with Crippen LogP contribution >= 0.6 is 11.3 Å². The lowest BCUT2D eigenvalue weighted by Gasteiger charge is -2.35. The van der Waals surface area contributed by atoms with Gasteiger partial charge >= 0.3 is 0 Å². The van der Waals surface area contributed by atoms with E-state index < -0.39 is 0 Å². The quantitative estimate of drug-likeness (QED) is 0.576. The minimum absolute atomic E-state index is 0.294. The molecule has 3 aromatic rings. The number of thiophene rings is 1. The summed E-state index contributed by atoms with van der Waals surface area (Å²) >= 11 is 1.77. The molecule has 30 heavy (non-hydrogen) atoms. The summed E-state index contributed by atoms with van der Waals surface area (Å²) in [5, 5.41) is 4.51. The summed E-state index contributed by atoms with van der Waals surface area (Å²) in [4.78, 5) is 17.1. The lowest BCUT2D eigenvalue weighted by Crippen LogP contribution is -2.47. The van der Waals surface area contributed by atoms with Gasteiger partial charge in [-0.05, 0) is 55.5 Å². The van der Waals surface area contributed by atoms with Gasteiger partial charge < -0.3 is 9.80 Å². The van der Waals surface area contributed by atoms with Crippen LogP contribution in [0.15, 0.2) is 52.8 Å². The summed E-state index contributed by atoms with van der Waals surface area (Å²) in [5.41, 5.74) is 1.09. The Morgan fingerprint density at radius 2 is 1.87 bits per heavy atom. The second-order valence-corrected chi connectivity index (χ2v) is 9.21. The van der Waals surface area contributed by atoms with Crippen LogP contribution in [0.4, 0.5) is 5.82 Å². The van der Waals surface area contributed by atoms with Crippen molar-refractivity contribution in [2.24, 2.45) is 4.99 Å². The smallest absolute Gasteiger partial charge is 0.129 e. The summed E-state index contributed by atoms with van der Waals surface area (Å²) in [6, 6.07) is 14.8. The van der Waals surface area contributed by atoms with E-state index in [0.717, 1.165) is 43.9 Å². The SMILES string of the molecule is CN1C=c2sccc2=NC1CCCCN1CCN(c2ccc3ccccc3n2)CC1. The number of nitrogens with zero attached hydrogens (tertiary/aromatic N) is 5. The molecule has 5 rings (SSSR count). The molecule has 4 heterocycles. The number of anilines is 1. The van der Waals surface area contributed by atoms with Crippen molar-refractivity contribution in [3.8, 4) is 0 Å². The van der Waals surface area contributed by atoms with Gasteiger partial charge in [-0.3, -0.25) is 9.89 Å². The van der Waals surface area contributed by atoms with E-state index >= 15 is 0 Å². The van der Waals surface area contributed by atoms with Crippen LogP contribution in [-0.4, -0.2) is 60.7 Å². The molecule has 5 nitrogen and oxygen atoms in total. The topological polar surface area (TPSA) is 35.0 Å². The Balaban J connectivity index is 1.07. The highest BCUT2D eigenvalue weighted by Gasteiger charge is 2.19. The normalized spacial score (nSPS) is 19.4. The highest BCUT2D eigenvalue weighted by Crippen LogP contribution is 2.19. The van der Waals surface area contributed by atoms with Crippen LogP contribution in [0, 0.1) is 0 Å². The number of piperazine rings is 1. The van der Waals surface area contributed by atoms with Gasteiger partial charge in [0.1, 0.15) is 12.0 Å². The highest BCUT2D eigenvalue weighted by molar-refractivity contribution is 7.07. The lowest BCUT2D eigenvalue weighted by molar-refractivity contribution is 0.245. The summed E-state index contributed by atoms with van der Waals surface area (Å²) in [6.45, 7) is 5.54. The third-order valence-electron chi connectivity index (χ3n) is 6.22. The van der Waals surface area contributed by atoms with E-state index in [-0.39, 0.29) is 0 Å². The molecule has 2 aliphatic rings. The summed E-state index contributed by atoms with van der Waals surface area (Å²) in [5.74, 6) is 1.11. The monoisotopic (exact) mass is 419 g/mol. The maximum absolute atomic E-state index is 4.91. The number of hydrogen-bond acceptors (Lipinski definition) is 6. The molecule has 0 amide bonds. The number of para-hydroxylation sites is 1. The van der Waals surface area contributed by atoms with Gasteiger partial charge in [0.2, 0.25) is 0 Å². The predicted molar refractivity (Wildman–Crippen MR) is 125 cm³/mol. The van der Waals surface area contributed by atoms with E-state index in [2.05, 4.69) is 75.8 Å². The third-order valence-corrected chi connectivity index (χ3v) is 7.06. The van der Waals surface area contributed by atoms with Crippen molar-refractivity contribution in [1.82, 2.24) is 14.8 Å². The zero-order valence-corrected chi connectivity index (χ0v) is 18.4. The van der Waals surface area contributed by atoms with E-state index in [1.165, 1.54) is 34.7 Å². The van der Waals surface area contributed by atoms with Crippen LogP contribution in [-0.2, 0) is 0 Å². The first-order valence-electron chi connectivity index (χ1n) is 10.9. The summed E-state index contributed by atoms with van der Waals surface area (Å²) < 4.78 is 1.28. The van der Waals surface area contributed by atoms with Crippen LogP contribution in [0.3, 0.4) is 0 Å². The second-order valence-electron chi connectivity index (χ2n) is 8.26. The van der Waals surface area contributed by atoms with Gasteiger partial charge in [-0.2, -0.15) is 0 Å². The maximum Gasteiger partial charge on any atom is 0.129 e. The van der Waals surface area contributed by atoms with E-state index in [0.29, 0.717) is 6.17 Å². The number of aromatic nitrogens is 1. The Morgan fingerprint density at radius 3 is 2.77 bits per heavy atom. The Hall–Kier alpha value is -2.44. The zero-order chi connectivity index (χ0) is 20.3. The number of pyridine rings is 1. The molecule has 0 N–H and O–H groups in total. The number of unbranched alkanes of at least 4 members (excludes halogenated alkanes) is 1. The molecule has 1 unspecified atom stereocenters. The number of rotatable bonds is 6. The van der Waals surface area contributed by atoms with Crippen molar-refractivity contribution >= 4 is 34.3 Å². The second kappa shape index (κ2) is 8.74. The molecule has 1 saturated heterocycles. The molecular weight excluding hydrogens is 390 g/mol. The van der Waals surface area contributed by atoms with Gasteiger partial charge in [-0.25, -0.2) is 4.98 Å². The van der Waals surface area contributed by atoms with Crippen molar-refractivity contribution in [3.63, 3.8) is 0 Å². The first kappa shape index (κ1) is 19.5. The number of hydrogen-bond donors (Lipinski definition) is 0. The van der Waals surface area contributed by atoms with Crippen molar-refractivity contribution in [2.75, 3.05) is 44.7 Å². The van der Waals surface area contributed by atoms with E-state index in [4.69, 9.17) is 9.98 Å². The minimum Gasteiger partial charge on any atom is -0.358 e. The van der Waals surface area contributed by atoms with Crippen LogP contribution in [0.1, 0.15) is 19.3 Å². The molecule has 6 heteroatoms. The van der Waals surface area contributed by atoms with Crippen molar-refractivity contribution in [1.29, 1.82) is 0 Å². The van der Waals surface area contributed by atoms with Crippen molar-refractivity contribution in [2.45, 2.75) is 25.4 Å².